The van der Waals surface area contributed by atoms with Gasteiger partial charge in [-0.3, -0.25) is 9.59 Å². The molecule has 0 bridgehead atoms. The highest BCUT2D eigenvalue weighted by atomic mass is 16.5. The van der Waals surface area contributed by atoms with Gasteiger partial charge in [-0.1, -0.05) is 12.1 Å². The maximum Gasteiger partial charge on any atom is 0.269 e. The number of fused-ring (bicyclic) bond motifs is 1. The number of carbonyl (C=O) groups is 2. The molecule has 2 unspecified atom stereocenters. The largest absolute Gasteiger partial charge is 0.381 e. The average molecular weight is 376 g/mol. The summed E-state index contributed by atoms with van der Waals surface area (Å²) in [7, 11) is 1.53. The molecule has 7 nitrogen and oxygen atoms in total. The van der Waals surface area contributed by atoms with Crippen LogP contribution in [0.2, 0.25) is 0 Å². The third-order valence-corrected chi connectivity index (χ3v) is 5.29. The summed E-state index contributed by atoms with van der Waals surface area (Å²) in [6.07, 6.45) is 0.420. The number of benzene rings is 1. The van der Waals surface area contributed by atoms with Gasteiger partial charge in [0, 0.05) is 42.6 Å². The zero-order valence-electron chi connectivity index (χ0n) is 15.4. The molecule has 0 radical (unpaired) electrons. The standard InChI is InChI=1S/C21H20N4O3/c1-23-21(27)18-8-14(20(26)25-19-16-10-28-11-17(16)19)7-15(24-18)6-12-3-2-4-13(5-12)9-22/h2-5,7-8,16-17,19H,6,10-11H2,1H3,(H,23,27)(H,25,26). The van der Waals surface area contributed by atoms with Crippen LogP contribution in [-0.4, -0.2) is 43.1 Å². The number of nitrogens with zero attached hydrogens (tertiary/aromatic N) is 2. The average Bonchev–Trinajstić information content (AvgIpc) is 3.13. The number of pyridine rings is 1. The number of amides is 2. The third-order valence-electron chi connectivity index (χ3n) is 5.29. The van der Waals surface area contributed by atoms with Crippen molar-refractivity contribution in [3.8, 4) is 6.07 Å². The normalized spacial score (nSPS) is 22.1. The number of aromatic nitrogens is 1. The summed E-state index contributed by atoms with van der Waals surface area (Å²) < 4.78 is 5.36. The van der Waals surface area contributed by atoms with Crippen LogP contribution in [0, 0.1) is 23.2 Å². The van der Waals surface area contributed by atoms with Crippen molar-refractivity contribution in [2.45, 2.75) is 12.5 Å². The SMILES string of the molecule is CNC(=O)c1cc(C(=O)NC2C3COCC32)cc(Cc2cccc(C#N)c2)n1. The Labute approximate surface area is 162 Å². The summed E-state index contributed by atoms with van der Waals surface area (Å²) in [6.45, 7) is 1.38. The fraction of sp³-hybridized carbons (Fsp3) is 0.333. The van der Waals surface area contributed by atoms with E-state index in [1.165, 1.54) is 13.1 Å². The molecule has 2 aliphatic rings. The molecule has 2 amide bonds. The minimum absolute atomic E-state index is 0.147. The molecule has 28 heavy (non-hydrogen) atoms. The van der Waals surface area contributed by atoms with Crippen molar-refractivity contribution in [3.05, 3.63) is 64.5 Å². The zero-order valence-corrected chi connectivity index (χ0v) is 15.4. The first-order chi connectivity index (χ1) is 13.6. The molecule has 2 aromatic rings. The van der Waals surface area contributed by atoms with Gasteiger partial charge in [0.15, 0.2) is 0 Å². The van der Waals surface area contributed by atoms with Crippen LogP contribution in [0.25, 0.3) is 0 Å². The maximum atomic E-state index is 12.7. The molecular formula is C21H20N4O3. The second kappa shape index (κ2) is 7.41. The van der Waals surface area contributed by atoms with Crippen LogP contribution in [0.3, 0.4) is 0 Å². The van der Waals surface area contributed by atoms with E-state index in [2.05, 4.69) is 21.7 Å². The number of hydrogen-bond donors (Lipinski definition) is 2. The van der Waals surface area contributed by atoms with Crippen LogP contribution in [-0.2, 0) is 11.2 Å². The molecule has 2 heterocycles. The molecule has 0 spiro atoms. The minimum atomic E-state index is -0.349. The fourth-order valence-electron chi connectivity index (χ4n) is 3.70. The lowest BCUT2D eigenvalue weighted by atomic mass is 10.0. The topological polar surface area (TPSA) is 104 Å². The number of hydrogen-bond acceptors (Lipinski definition) is 5. The van der Waals surface area contributed by atoms with Crippen molar-refractivity contribution in [1.82, 2.24) is 15.6 Å². The van der Waals surface area contributed by atoms with Crippen LogP contribution in [0.1, 0.15) is 37.7 Å². The molecule has 142 valence electrons. The van der Waals surface area contributed by atoms with Gasteiger partial charge in [0.05, 0.1) is 24.8 Å². The van der Waals surface area contributed by atoms with Gasteiger partial charge in [-0.15, -0.1) is 0 Å². The number of rotatable bonds is 5. The minimum Gasteiger partial charge on any atom is -0.381 e. The molecule has 2 fully saturated rings. The van der Waals surface area contributed by atoms with E-state index in [1.54, 1.807) is 24.3 Å². The van der Waals surface area contributed by atoms with E-state index < -0.39 is 0 Å². The predicted molar refractivity (Wildman–Crippen MR) is 101 cm³/mol. The first-order valence-corrected chi connectivity index (χ1v) is 9.19. The molecule has 7 heteroatoms. The maximum absolute atomic E-state index is 12.7. The zero-order chi connectivity index (χ0) is 19.7. The van der Waals surface area contributed by atoms with Gasteiger partial charge >= 0.3 is 0 Å². The van der Waals surface area contributed by atoms with E-state index in [0.29, 0.717) is 48.3 Å². The van der Waals surface area contributed by atoms with Gasteiger partial charge in [-0.2, -0.15) is 5.26 Å². The highest BCUT2D eigenvalue weighted by Crippen LogP contribution is 2.44. The van der Waals surface area contributed by atoms with Gasteiger partial charge in [0.25, 0.3) is 11.8 Å². The van der Waals surface area contributed by atoms with E-state index in [4.69, 9.17) is 10.00 Å². The van der Waals surface area contributed by atoms with Crippen molar-refractivity contribution >= 4 is 11.8 Å². The Morgan fingerprint density at radius 1 is 1.21 bits per heavy atom. The van der Waals surface area contributed by atoms with Crippen molar-refractivity contribution in [3.63, 3.8) is 0 Å². The molecule has 4 rings (SSSR count). The Morgan fingerprint density at radius 3 is 2.71 bits per heavy atom. The van der Waals surface area contributed by atoms with E-state index in [-0.39, 0.29) is 23.6 Å². The van der Waals surface area contributed by atoms with Crippen LogP contribution in [0.5, 0.6) is 0 Å². The lowest BCUT2D eigenvalue weighted by Gasteiger charge is -2.11. The Hall–Kier alpha value is -3.24. The Balaban J connectivity index is 1.58. The molecule has 1 aromatic carbocycles. The van der Waals surface area contributed by atoms with Gasteiger partial charge in [0.2, 0.25) is 0 Å². The molecule has 1 saturated heterocycles. The second-order valence-electron chi connectivity index (χ2n) is 7.16. The molecule has 2 N–H and O–H groups in total. The van der Waals surface area contributed by atoms with E-state index in [9.17, 15) is 9.59 Å². The number of nitrogens with one attached hydrogen (secondary N) is 2. The molecule has 1 aliphatic heterocycles. The highest BCUT2D eigenvalue weighted by Gasteiger charge is 2.54. The molecule has 2 atom stereocenters. The number of ether oxygens (including phenoxy) is 1. The molecular weight excluding hydrogens is 356 g/mol. The van der Waals surface area contributed by atoms with Crippen LogP contribution < -0.4 is 10.6 Å². The monoisotopic (exact) mass is 376 g/mol. The van der Waals surface area contributed by atoms with E-state index in [1.807, 2.05) is 6.07 Å². The van der Waals surface area contributed by atoms with Crippen molar-refractivity contribution in [2.24, 2.45) is 11.8 Å². The van der Waals surface area contributed by atoms with Gasteiger partial charge in [-0.25, -0.2) is 4.98 Å². The smallest absolute Gasteiger partial charge is 0.269 e. The number of nitriles is 1. The van der Waals surface area contributed by atoms with E-state index in [0.717, 1.165) is 5.56 Å². The lowest BCUT2D eigenvalue weighted by Crippen LogP contribution is -2.30. The fourth-order valence-corrected chi connectivity index (χ4v) is 3.70. The van der Waals surface area contributed by atoms with E-state index >= 15 is 0 Å². The molecule has 1 saturated carbocycles. The first-order valence-electron chi connectivity index (χ1n) is 9.19. The Kier molecular flexibility index (Phi) is 4.80. The molecule has 1 aliphatic carbocycles. The highest BCUT2D eigenvalue weighted by molar-refractivity contribution is 5.98. The summed E-state index contributed by atoms with van der Waals surface area (Å²) in [6, 6.07) is 12.7. The predicted octanol–water partition coefficient (Wildman–Crippen LogP) is 1.28. The number of carbonyl (C=O) groups excluding carboxylic acids is 2. The Morgan fingerprint density at radius 2 is 2.00 bits per heavy atom. The molecule has 1 aromatic heterocycles. The van der Waals surface area contributed by atoms with Crippen molar-refractivity contribution in [2.75, 3.05) is 20.3 Å². The summed E-state index contributed by atoms with van der Waals surface area (Å²) in [5, 5.41) is 14.7. The van der Waals surface area contributed by atoms with Crippen LogP contribution >= 0.6 is 0 Å². The summed E-state index contributed by atoms with van der Waals surface area (Å²) in [5.41, 5.74) is 2.65. The summed E-state index contributed by atoms with van der Waals surface area (Å²) in [4.78, 5) is 29.3. The quantitative estimate of drug-likeness (QED) is 0.818. The summed E-state index contributed by atoms with van der Waals surface area (Å²) >= 11 is 0. The van der Waals surface area contributed by atoms with Crippen LogP contribution in [0.4, 0.5) is 0 Å². The van der Waals surface area contributed by atoms with Crippen LogP contribution in [0.15, 0.2) is 36.4 Å². The Bertz CT molecular complexity index is 972. The lowest BCUT2D eigenvalue weighted by molar-refractivity contribution is 0.0928. The van der Waals surface area contributed by atoms with Crippen molar-refractivity contribution in [1.29, 1.82) is 5.26 Å². The van der Waals surface area contributed by atoms with Gasteiger partial charge < -0.3 is 15.4 Å². The third kappa shape index (κ3) is 3.59. The van der Waals surface area contributed by atoms with Crippen molar-refractivity contribution < 1.29 is 14.3 Å². The first kappa shape index (κ1) is 18.1. The summed E-state index contributed by atoms with van der Waals surface area (Å²) in [5.74, 6) is 0.243. The second-order valence-corrected chi connectivity index (χ2v) is 7.16. The van der Waals surface area contributed by atoms with Gasteiger partial charge in [-0.05, 0) is 29.8 Å². The van der Waals surface area contributed by atoms with Gasteiger partial charge in [0.1, 0.15) is 5.69 Å².